The molecule has 2 aromatic carbocycles. The number of thioether (sulfide) groups is 1. The number of carbonyl (C=O) groups is 1. The summed E-state index contributed by atoms with van der Waals surface area (Å²) in [5, 5.41) is 3.75. The van der Waals surface area contributed by atoms with Gasteiger partial charge in [-0.15, -0.1) is 0 Å². The fourth-order valence-corrected chi connectivity index (χ4v) is 4.40. The van der Waals surface area contributed by atoms with E-state index < -0.39 is 0 Å². The molecular weight excluding hydrogens is 436 g/mol. The SMILES string of the molecule is COCCNC(=O)c1ccc(CSc2nc3ccncc3n2Cc2cccc(OC)c2)cc1. The van der Waals surface area contributed by atoms with E-state index in [1.54, 1.807) is 32.2 Å². The molecule has 170 valence electrons. The summed E-state index contributed by atoms with van der Waals surface area (Å²) >= 11 is 1.66. The third-order valence-corrected chi connectivity index (χ3v) is 6.21. The van der Waals surface area contributed by atoms with E-state index in [1.807, 2.05) is 54.7 Å². The van der Waals surface area contributed by atoms with E-state index in [0.29, 0.717) is 25.3 Å². The number of rotatable bonds is 10. The first-order chi connectivity index (χ1) is 16.2. The lowest BCUT2D eigenvalue weighted by Gasteiger charge is -2.10. The molecule has 4 rings (SSSR count). The second kappa shape index (κ2) is 11.0. The zero-order valence-electron chi connectivity index (χ0n) is 18.7. The number of aromatic nitrogens is 3. The van der Waals surface area contributed by atoms with Gasteiger partial charge in [-0.05, 0) is 41.5 Å². The van der Waals surface area contributed by atoms with Crippen molar-refractivity contribution < 1.29 is 14.3 Å². The predicted octanol–water partition coefficient (Wildman–Crippen LogP) is 4.16. The van der Waals surface area contributed by atoms with Crippen molar-refractivity contribution >= 4 is 28.7 Å². The molecular formula is C25H26N4O3S. The first-order valence-corrected chi connectivity index (χ1v) is 11.6. The molecule has 0 radical (unpaired) electrons. The lowest BCUT2D eigenvalue weighted by molar-refractivity contribution is 0.0937. The smallest absolute Gasteiger partial charge is 0.251 e. The maximum atomic E-state index is 12.2. The number of hydrogen-bond donors (Lipinski definition) is 1. The number of amides is 1. The number of benzene rings is 2. The van der Waals surface area contributed by atoms with Crippen LogP contribution in [0.4, 0.5) is 0 Å². The van der Waals surface area contributed by atoms with E-state index in [1.165, 1.54) is 0 Å². The van der Waals surface area contributed by atoms with E-state index in [2.05, 4.69) is 20.9 Å². The molecule has 0 fully saturated rings. The highest BCUT2D eigenvalue weighted by Crippen LogP contribution is 2.28. The number of nitrogens with zero attached hydrogens (tertiary/aromatic N) is 3. The Balaban J connectivity index is 1.49. The average molecular weight is 463 g/mol. The summed E-state index contributed by atoms with van der Waals surface area (Å²) in [5.41, 5.74) is 4.79. The lowest BCUT2D eigenvalue weighted by Crippen LogP contribution is -2.26. The number of hydrogen-bond acceptors (Lipinski definition) is 6. The molecule has 33 heavy (non-hydrogen) atoms. The van der Waals surface area contributed by atoms with Crippen LogP contribution in [-0.4, -0.2) is 47.8 Å². The first kappa shape index (κ1) is 22.8. The maximum absolute atomic E-state index is 12.2. The molecule has 0 bridgehead atoms. The average Bonchev–Trinajstić information content (AvgIpc) is 3.20. The van der Waals surface area contributed by atoms with Crippen LogP contribution in [0.2, 0.25) is 0 Å². The lowest BCUT2D eigenvalue weighted by atomic mass is 10.1. The Hall–Kier alpha value is -3.36. The van der Waals surface area contributed by atoms with Crippen LogP contribution in [0, 0.1) is 0 Å². The minimum absolute atomic E-state index is 0.0983. The number of carbonyl (C=O) groups excluding carboxylic acids is 1. The standard InChI is InChI=1S/C25H26N4O3S/c1-31-13-12-27-24(30)20-8-6-18(7-9-20)17-33-25-28-22-10-11-26-15-23(22)29(25)16-19-4-3-5-21(14-19)32-2/h3-11,14-15H,12-13,16-17H2,1-2H3,(H,27,30). The molecule has 0 aliphatic heterocycles. The summed E-state index contributed by atoms with van der Waals surface area (Å²) in [6.45, 7) is 1.65. The van der Waals surface area contributed by atoms with Gasteiger partial charge in [0.05, 0.1) is 37.5 Å². The van der Waals surface area contributed by atoms with Crippen molar-refractivity contribution in [3.63, 3.8) is 0 Å². The predicted molar refractivity (Wildman–Crippen MR) is 130 cm³/mol. The van der Waals surface area contributed by atoms with Crippen LogP contribution >= 0.6 is 11.8 Å². The van der Waals surface area contributed by atoms with Gasteiger partial charge in [-0.1, -0.05) is 36.0 Å². The molecule has 0 saturated carbocycles. The van der Waals surface area contributed by atoms with Gasteiger partial charge in [0.1, 0.15) is 5.75 Å². The summed E-state index contributed by atoms with van der Waals surface area (Å²) in [4.78, 5) is 21.3. The van der Waals surface area contributed by atoms with Crippen molar-refractivity contribution in [1.82, 2.24) is 19.9 Å². The van der Waals surface area contributed by atoms with Gasteiger partial charge in [0.25, 0.3) is 5.91 Å². The summed E-state index contributed by atoms with van der Waals surface area (Å²) in [6, 6.07) is 17.6. The number of ether oxygens (including phenoxy) is 2. The second-order valence-corrected chi connectivity index (χ2v) is 8.37. The first-order valence-electron chi connectivity index (χ1n) is 10.6. The van der Waals surface area contributed by atoms with Crippen LogP contribution in [-0.2, 0) is 17.0 Å². The Morgan fingerprint density at radius 3 is 2.73 bits per heavy atom. The third kappa shape index (κ3) is 5.71. The van der Waals surface area contributed by atoms with Crippen molar-refractivity contribution in [1.29, 1.82) is 0 Å². The van der Waals surface area contributed by atoms with Gasteiger partial charge in [0.2, 0.25) is 0 Å². The molecule has 2 heterocycles. The summed E-state index contributed by atoms with van der Waals surface area (Å²) in [6.07, 6.45) is 3.61. The van der Waals surface area contributed by atoms with E-state index in [-0.39, 0.29) is 5.91 Å². The zero-order valence-corrected chi connectivity index (χ0v) is 19.5. The number of pyridine rings is 1. The van der Waals surface area contributed by atoms with Gasteiger partial charge in [-0.25, -0.2) is 4.98 Å². The van der Waals surface area contributed by atoms with Gasteiger partial charge >= 0.3 is 0 Å². The Bertz CT molecular complexity index is 1220. The topological polar surface area (TPSA) is 78.3 Å². The molecule has 0 saturated heterocycles. The van der Waals surface area contributed by atoms with Crippen LogP contribution in [0.5, 0.6) is 5.75 Å². The normalized spacial score (nSPS) is 11.0. The molecule has 4 aromatic rings. The fraction of sp³-hybridized carbons (Fsp3) is 0.240. The van der Waals surface area contributed by atoms with E-state index in [4.69, 9.17) is 14.5 Å². The molecule has 0 atom stereocenters. The van der Waals surface area contributed by atoms with E-state index in [0.717, 1.165) is 38.8 Å². The number of imidazole rings is 1. The Labute approximate surface area is 197 Å². The summed E-state index contributed by atoms with van der Waals surface area (Å²) < 4.78 is 12.5. The van der Waals surface area contributed by atoms with Gasteiger partial charge in [0, 0.05) is 31.2 Å². The number of nitrogens with one attached hydrogen (secondary N) is 1. The third-order valence-electron chi connectivity index (χ3n) is 5.17. The number of methoxy groups -OCH3 is 2. The van der Waals surface area contributed by atoms with Gasteiger partial charge in [0.15, 0.2) is 5.16 Å². The van der Waals surface area contributed by atoms with Crippen LogP contribution in [0.15, 0.2) is 72.1 Å². The highest BCUT2D eigenvalue weighted by Gasteiger charge is 2.13. The molecule has 1 N–H and O–H groups in total. The molecule has 0 aliphatic rings. The molecule has 0 spiro atoms. The largest absolute Gasteiger partial charge is 0.497 e. The Morgan fingerprint density at radius 1 is 1.09 bits per heavy atom. The molecule has 2 aromatic heterocycles. The van der Waals surface area contributed by atoms with Gasteiger partial charge in [-0.3, -0.25) is 9.78 Å². The molecule has 8 heteroatoms. The molecule has 0 aliphatic carbocycles. The quantitative estimate of drug-likeness (QED) is 0.282. The van der Waals surface area contributed by atoms with Crippen molar-refractivity contribution in [3.8, 4) is 5.75 Å². The van der Waals surface area contributed by atoms with Crippen molar-refractivity contribution in [2.45, 2.75) is 17.5 Å². The van der Waals surface area contributed by atoms with Crippen LogP contribution < -0.4 is 10.1 Å². The van der Waals surface area contributed by atoms with E-state index in [9.17, 15) is 4.79 Å². The second-order valence-electron chi connectivity index (χ2n) is 7.43. The van der Waals surface area contributed by atoms with Crippen LogP contribution in [0.25, 0.3) is 11.0 Å². The van der Waals surface area contributed by atoms with Gasteiger partial charge < -0.3 is 19.4 Å². The monoisotopic (exact) mass is 462 g/mol. The molecule has 0 unspecified atom stereocenters. The van der Waals surface area contributed by atoms with Crippen molar-refractivity contribution in [2.24, 2.45) is 0 Å². The summed E-state index contributed by atoms with van der Waals surface area (Å²) in [5.74, 6) is 1.47. The minimum atomic E-state index is -0.0983. The summed E-state index contributed by atoms with van der Waals surface area (Å²) in [7, 11) is 3.28. The highest BCUT2D eigenvalue weighted by atomic mass is 32.2. The fourth-order valence-electron chi connectivity index (χ4n) is 3.43. The minimum Gasteiger partial charge on any atom is -0.497 e. The molecule has 7 nitrogen and oxygen atoms in total. The van der Waals surface area contributed by atoms with E-state index >= 15 is 0 Å². The Kier molecular flexibility index (Phi) is 7.59. The highest BCUT2D eigenvalue weighted by molar-refractivity contribution is 7.98. The van der Waals surface area contributed by atoms with Crippen molar-refractivity contribution in [3.05, 3.63) is 83.7 Å². The molecule has 1 amide bonds. The van der Waals surface area contributed by atoms with Gasteiger partial charge in [-0.2, -0.15) is 0 Å². The Morgan fingerprint density at radius 2 is 1.94 bits per heavy atom. The zero-order chi connectivity index (χ0) is 23.0. The van der Waals surface area contributed by atoms with Crippen molar-refractivity contribution in [2.75, 3.05) is 27.4 Å². The van der Waals surface area contributed by atoms with Crippen LogP contribution in [0.1, 0.15) is 21.5 Å². The number of fused-ring (bicyclic) bond motifs is 1. The maximum Gasteiger partial charge on any atom is 0.251 e. The van der Waals surface area contributed by atoms with Crippen LogP contribution in [0.3, 0.4) is 0 Å².